The second kappa shape index (κ2) is 4.20. The molecule has 1 N–H and O–H groups in total. The number of ether oxygens (including phenoxy) is 1. The molecule has 0 fully saturated rings. The summed E-state index contributed by atoms with van der Waals surface area (Å²) in [6, 6.07) is 5.47. The highest BCUT2D eigenvalue weighted by Gasteiger charge is 2.21. The van der Waals surface area contributed by atoms with Crippen molar-refractivity contribution in [3.63, 3.8) is 0 Å². The standard InChI is InChI=1S/C13H16N2O2/c1-13(2,3)12(16)15-9-4-5-10-11(8-9)17-7-6-14-10/h4-6,8H,7H2,1-3H3,(H,15,16). The number of nitrogens with zero attached hydrogens (tertiary/aromatic N) is 1. The van der Waals surface area contributed by atoms with Crippen LogP contribution in [0.3, 0.4) is 0 Å². The summed E-state index contributed by atoms with van der Waals surface area (Å²) >= 11 is 0. The molecule has 17 heavy (non-hydrogen) atoms. The number of carbonyl (C=O) groups is 1. The molecule has 1 amide bonds. The summed E-state index contributed by atoms with van der Waals surface area (Å²) in [5.41, 5.74) is 1.13. The zero-order chi connectivity index (χ0) is 12.5. The lowest BCUT2D eigenvalue weighted by molar-refractivity contribution is -0.123. The maximum atomic E-state index is 11.8. The van der Waals surface area contributed by atoms with Gasteiger partial charge < -0.3 is 10.1 Å². The minimum absolute atomic E-state index is 0.0169. The van der Waals surface area contributed by atoms with Gasteiger partial charge >= 0.3 is 0 Å². The van der Waals surface area contributed by atoms with Crippen molar-refractivity contribution in [2.45, 2.75) is 20.8 Å². The number of rotatable bonds is 1. The highest BCUT2D eigenvalue weighted by atomic mass is 16.5. The van der Waals surface area contributed by atoms with Crippen molar-refractivity contribution >= 4 is 23.5 Å². The van der Waals surface area contributed by atoms with Gasteiger partial charge in [0.15, 0.2) is 0 Å². The van der Waals surface area contributed by atoms with E-state index in [1.54, 1.807) is 12.3 Å². The molecule has 0 spiro atoms. The van der Waals surface area contributed by atoms with Gasteiger partial charge in [-0.25, -0.2) is 0 Å². The molecule has 0 saturated carbocycles. The topological polar surface area (TPSA) is 50.7 Å². The number of hydrogen-bond acceptors (Lipinski definition) is 3. The zero-order valence-corrected chi connectivity index (χ0v) is 10.3. The zero-order valence-electron chi connectivity index (χ0n) is 10.3. The number of anilines is 1. The molecule has 0 bridgehead atoms. The third-order valence-corrected chi connectivity index (χ3v) is 2.44. The van der Waals surface area contributed by atoms with E-state index in [-0.39, 0.29) is 5.91 Å². The van der Waals surface area contributed by atoms with Gasteiger partial charge in [0.25, 0.3) is 0 Å². The van der Waals surface area contributed by atoms with Gasteiger partial charge in [-0.05, 0) is 12.1 Å². The van der Waals surface area contributed by atoms with Crippen LogP contribution in [0.15, 0.2) is 23.2 Å². The molecule has 1 aromatic carbocycles. The molecule has 0 aromatic heterocycles. The predicted octanol–water partition coefficient (Wildman–Crippen LogP) is 2.77. The summed E-state index contributed by atoms with van der Waals surface area (Å²) in [5, 5.41) is 2.86. The van der Waals surface area contributed by atoms with Gasteiger partial charge in [0, 0.05) is 23.4 Å². The Kier molecular flexibility index (Phi) is 2.88. The third-order valence-electron chi connectivity index (χ3n) is 2.44. The quantitative estimate of drug-likeness (QED) is 0.809. The third kappa shape index (κ3) is 2.64. The van der Waals surface area contributed by atoms with E-state index in [1.807, 2.05) is 32.9 Å². The van der Waals surface area contributed by atoms with E-state index in [0.29, 0.717) is 12.4 Å². The van der Waals surface area contributed by atoms with Crippen molar-refractivity contribution < 1.29 is 9.53 Å². The van der Waals surface area contributed by atoms with Crippen molar-refractivity contribution in [1.82, 2.24) is 0 Å². The lowest BCUT2D eigenvalue weighted by Crippen LogP contribution is -2.27. The fraction of sp³-hybridized carbons (Fsp3) is 0.385. The number of amides is 1. The second-order valence-corrected chi connectivity index (χ2v) is 5.01. The smallest absolute Gasteiger partial charge is 0.229 e. The van der Waals surface area contributed by atoms with Crippen LogP contribution in [0, 0.1) is 5.41 Å². The molecular formula is C13H16N2O2. The minimum atomic E-state index is -0.408. The summed E-state index contributed by atoms with van der Waals surface area (Å²) in [7, 11) is 0. The van der Waals surface area contributed by atoms with E-state index >= 15 is 0 Å². The van der Waals surface area contributed by atoms with Crippen LogP contribution in [0.5, 0.6) is 5.75 Å². The highest BCUT2D eigenvalue weighted by Crippen LogP contribution is 2.32. The molecule has 0 unspecified atom stereocenters. The largest absolute Gasteiger partial charge is 0.486 e. The average Bonchev–Trinajstić information content (AvgIpc) is 2.27. The highest BCUT2D eigenvalue weighted by molar-refractivity contribution is 5.95. The number of fused-ring (bicyclic) bond motifs is 1. The second-order valence-electron chi connectivity index (χ2n) is 5.01. The average molecular weight is 232 g/mol. The first-order valence-electron chi connectivity index (χ1n) is 5.58. The summed E-state index contributed by atoms with van der Waals surface area (Å²) in [6.07, 6.45) is 1.72. The van der Waals surface area contributed by atoms with Crippen LogP contribution in [-0.4, -0.2) is 18.7 Å². The van der Waals surface area contributed by atoms with Crippen LogP contribution in [0.25, 0.3) is 0 Å². The van der Waals surface area contributed by atoms with Crippen LogP contribution in [0.1, 0.15) is 20.8 Å². The predicted molar refractivity (Wildman–Crippen MR) is 68.2 cm³/mol. The Labute approximate surface area is 101 Å². The molecule has 4 nitrogen and oxygen atoms in total. The van der Waals surface area contributed by atoms with Gasteiger partial charge in [0.1, 0.15) is 18.0 Å². The minimum Gasteiger partial charge on any atom is -0.486 e. The van der Waals surface area contributed by atoms with Crippen molar-refractivity contribution in [2.24, 2.45) is 10.4 Å². The van der Waals surface area contributed by atoms with E-state index in [4.69, 9.17) is 4.74 Å². The first kappa shape index (κ1) is 11.6. The Hall–Kier alpha value is -1.84. The first-order chi connectivity index (χ1) is 7.97. The van der Waals surface area contributed by atoms with Gasteiger partial charge in [0.05, 0.1) is 0 Å². The molecule has 1 aliphatic rings. The Bertz CT molecular complexity index is 473. The van der Waals surface area contributed by atoms with E-state index in [1.165, 1.54) is 0 Å². The molecule has 0 aliphatic carbocycles. The van der Waals surface area contributed by atoms with Crippen molar-refractivity contribution in [1.29, 1.82) is 0 Å². The molecular weight excluding hydrogens is 216 g/mol. The molecule has 1 aromatic rings. The maximum absolute atomic E-state index is 11.8. The van der Waals surface area contributed by atoms with Crippen LogP contribution in [0.2, 0.25) is 0 Å². The fourth-order valence-electron chi connectivity index (χ4n) is 1.40. The van der Waals surface area contributed by atoms with Crippen LogP contribution in [-0.2, 0) is 4.79 Å². The molecule has 0 saturated heterocycles. The van der Waals surface area contributed by atoms with Crippen LogP contribution in [0.4, 0.5) is 11.4 Å². The van der Waals surface area contributed by atoms with Crippen LogP contribution < -0.4 is 10.1 Å². The van der Waals surface area contributed by atoms with Gasteiger partial charge in [-0.1, -0.05) is 20.8 Å². The Morgan fingerprint density at radius 2 is 2.18 bits per heavy atom. The van der Waals surface area contributed by atoms with Crippen molar-refractivity contribution in [3.05, 3.63) is 18.2 Å². The van der Waals surface area contributed by atoms with Crippen LogP contribution >= 0.6 is 0 Å². The molecule has 0 atom stereocenters. The van der Waals surface area contributed by atoms with Gasteiger partial charge in [-0.3, -0.25) is 9.79 Å². The summed E-state index contributed by atoms with van der Waals surface area (Å²) < 4.78 is 5.43. The molecule has 2 rings (SSSR count). The van der Waals surface area contributed by atoms with E-state index in [0.717, 1.165) is 11.4 Å². The first-order valence-corrected chi connectivity index (χ1v) is 5.58. The number of hydrogen-bond donors (Lipinski definition) is 1. The van der Waals surface area contributed by atoms with Gasteiger partial charge in [-0.2, -0.15) is 0 Å². The van der Waals surface area contributed by atoms with Gasteiger partial charge in [-0.15, -0.1) is 0 Å². The molecule has 0 radical (unpaired) electrons. The fourth-order valence-corrected chi connectivity index (χ4v) is 1.40. The Balaban J connectivity index is 2.18. The Morgan fingerprint density at radius 1 is 1.41 bits per heavy atom. The number of benzene rings is 1. The van der Waals surface area contributed by atoms with E-state index in [2.05, 4.69) is 10.3 Å². The molecule has 1 aliphatic heterocycles. The molecule has 90 valence electrons. The lowest BCUT2D eigenvalue weighted by Gasteiger charge is -2.19. The molecule has 4 heteroatoms. The maximum Gasteiger partial charge on any atom is 0.229 e. The lowest BCUT2D eigenvalue weighted by atomic mass is 9.95. The number of aliphatic imine (C=N–C) groups is 1. The summed E-state index contributed by atoms with van der Waals surface area (Å²) in [5.74, 6) is 0.691. The number of nitrogens with one attached hydrogen (secondary N) is 1. The summed E-state index contributed by atoms with van der Waals surface area (Å²) in [6.45, 7) is 6.11. The Morgan fingerprint density at radius 3 is 2.88 bits per heavy atom. The van der Waals surface area contributed by atoms with E-state index < -0.39 is 5.41 Å². The van der Waals surface area contributed by atoms with Gasteiger partial charge in [0.2, 0.25) is 5.91 Å². The number of carbonyl (C=O) groups excluding carboxylic acids is 1. The van der Waals surface area contributed by atoms with E-state index in [9.17, 15) is 4.79 Å². The SMILES string of the molecule is CC(C)(C)C(=O)Nc1ccc2c(c1)OCC=N2. The normalized spacial score (nSPS) is 13.8. The summed E-state index contributed by atoms with van der Waals surface area (Å²) in [4.78, 5) is 16.0. The van der Waals surface area contributed by atoms with Crippen molar-refractivity contribution in [2.75, 3.05) is 11.9 Å². The monoisotopic (exact) mass is 232 g/mol. The van der Waals surface area contributed by atoms with Crippen molar-refractivity contribution in [3.8, 4) is 5.75 Å². The molecule has 1 heterocycles.